The Kier molecular flexibility index (Phi) is 4.98. The van der Waals surface area contributed by atoms with Gasteiger partial charge in [-0.15, -0.1) is 11.3 Å². The highest BCUT2D eigenvalue weighted by molar-refractivity contribution is 7.18. The molecule has 3 aromatic heterocycles. The molecule has 0 saturated carbocycles. The maximum atomic E-state index is 12.5. The van der Waals surface area contributed by atoms with Crippen LogP contribution < -0.4 is 4.74 Å². The second-order valence-corrected chi connectivity index (χ2v) is 7.37. The van der Waals surface area contributed by atoms with Crippen molar-refractivity contribution in [1.29, 1.82) is 0 Å². The Bertz CT molecular complexity index is 1110. The molecule has 0 spiro atoms. The van der Waals surface area contributed by atoms with Gasteiger partial charge in [0.05, 0.1) is 33.7 Å². The molecule has 0 N–H and O–H groups in total. The molecule has 0 fully saturated rings. The predicted octanol–water partition coefficient (Wildman–Crippen LogP) is 3.23. The summed E-state index contributed by atoms with van der Waals surface area (Å²) in [5, 5.41) is 1.01. The molecule has 0 saturated heterocycles. The van der Waals surface area contributed by atoms with E-state index in [9.17, 15) is 4.79 Å². The average molecular weight is 395 g/mol. The van der Waals surface area contributed by atoms with Crippen LogP contribution in [0.2, 0.25) is 0 Å². The number of hydrogen-bond donors (Lipinski definition) is 0. The van der Waals surface area contributed by atoms with Crippen LogP contribution in [-0.2, 0) is 13.2 Å². The maximum Gasteiger partial charge on any atom is 0.275 e. The van der Waals surface area contributed by atoms with Crippen molar-refractivity contribution >= 4 is 27.5 Å². The monoisotopic (exact) mass is 395 g/mol. The zero-order valence-corrected chi connectivity index (χ0v) is 16.1. The van der Waals surface area contributed by atoms with Gasteiger partial charge in [0, 0.05) is 25.5 Å². The molecule has 0 atom stereocenters. The summed E-state index contributed by atoms with van der Waals surface area (Å²) >= 11 is 1.64. The lowest BCUT2D eigenvalue weighted by molar-refractivity contribution is 0.0777. The summed E-state index contributed by atoms with van der Waals surface area (Å²) in [7, 11) is 1.67. The molecule has 9 heteroatoms. The number of carbonyl (C=O) groups is 1. The lowest BCUT2D eigenvalue weighted by Gasteiger charge is -2.14. The predicted molar refractivity (Wildman–Crippen MR) is 103 cm³/mol. The van der Waals surface area contributed by atoms with E-state index >= 15 is 0 Å². The molecule has 0 bridgehead atoms. The molecule has 28 heavy (non-hydrogen) atoms. The first kappa shape index (κ1) is 18.1. The summed E-state index contributed by atoms with van der Waals surface area (Å²) in [5.41, 5.74) is 1.81. The highest BCUT2D eigenvalue weighted by atomic mass is 32.1. The van der Waals surface area contributed by atoms with Crippen molar-refractivity contribution in [1.82, 2.24) is 24.8 Å². The summed E-state index contributed by atoms with van der Waals surface area (Å²) in [5.74, 6) is 0.731. The van der Waals surface area contributed by atoms with Crippen molar-refractivity contribution < 1.29 is 13.9 Å². The standard InChI is InChI=1S/C19H17N5O3S/c1-12-22-15-7-14(3-4-17(15)28-12)26-11-18-23-16(10-27-18)19(25)24(2)9-13-8-20-5-6-21-13/h3-8,10H,9,11H2,1-2H3. The molecule has 4 rings (SSSR count). The van der Waals surface area contributed by atoms with Crippen molar-refractivity contribution in [3.8, 4) is 5.75 Å². The van der Waals surface area contributed by atoms with E-state index in [1.807, 2.05) is 25.1 Å². The van der Waals surface area contributed by atoms with Gasteiger partial charge in [0.25, 0.3) is 5.91 Å². The number of rotatable bonds is 6. The molecule has 0 unspecified atom stereocenters. The first-order valence-electron chi connectivity index (χ1n) is 8.53. The quantitative estimate of drug-likeness (QED) is 0.495. The van der Waals surface area contributed by atoms with E-state index < -0.39 is 0 Å². The molecule has 0 aliphatic heterocycles. The molecule has 0 aliphatic rings. The molecule has 4 aromatic rings. The average Bonchev–Trinajstić information content (AvgIpc) is 3.31. The second-order valence-electron chi connectivity index (χ2n) is 6.14. The summed E-state index contributed by atoms with van der Waals surface area (Å²) in [6.07, 6.45) is 6.12. The fourth-order valence-corrected chi connectivity index (χ4v) is 3.46. The topological polar surface area (TPSA) is 94.2 Å². The molecule has 142 valence electrons. The van der Waals surface area contributed by atoms with Crippen LogP contribution in [0.4, 0.5) is 0 Å². The van der Waals surface area contributed by atoms with E-state index in [0.29, 0.717) is 23.9 Å². The van der Waals surface area contributed by atoms with Crippen LogP contribution in [0.5, 0.6) is 5.75 Å². The Labute approximate surface area is 164 Å². The van der Waals surface area contributed by atoms with E-state index in [2.05, 4.69) is 19.9 Å². The summed E-state index contributed by atoms with van der Waals surface area (Å²) in [6.45, 7) is 2.42. The molecule has 1 amide bonds. The molecule has 8 nitrogen and oxygen atoms in total. The zero-order valence-electron chi connectivity index (χ0n) is 15.3. The minimum Gasteiger partial charge on any atom is -0.484 e. The molecule has 1 aromatic carbocycles. The Morgan fingerprint density at radius 1 is 1.29 bits per heavy atom. The van der Waals surface area contributed by atoms with Gasteiger partial charge in [-0.05, 0) is 19.1 Å². The number of fused-ring (bicyclic) bond motifs is 1. The van der Waals surface area contributed by atoms with Crippen LogP contribution in [0, 0.1) is 6.92 Å². The van der Waals surface area contributed by atoms with Gasteiger partial charge in [0.2, 0.25) is 5.89 Å². The summed E-state index contributed by atoms with van der Waals surface area (Å²) in [4.78, 5) is 30.8. The lowest BCUT2D eigenvalue weighted by Crippen LogP contribution is -2.27. The molecular weight excluding hydrogens is 378 g/mol. The number of benzene rings is 1. The number of aromatic nitrogens is 4. The number of nitrogens with zero attached hydrogens (tertiary/aromatic N) is 5. The second kappa shape index (κ2) is 7.73. The minimum atomic E-state index is -0.264. The SMILES string of the molecule is Cc1nc2cc(OCc3nc(C(=O)N(C)Cc4cnccn4)co3)ccc2s1. The van der Waals surface area contributed by atoms with Gasteiger partial charge in [-0.2, -0.15) is 0 Å². The van der Waals surface area contributed by atoms with Crippen molar-refractivity contribution in [3.05, 3.63) is 65.3 Å². The van der Waals surface area contributed by atoms with Gasteiger partial charge in [-0.3, -0.25) is 14.8 Å². The van der Waals surface area contributed by atoms with Crippen LogP contribution >= 0.6 is 11.3 Å². The number of ether oxygens (including phenoxy) is 1. The van der Waals surface area contributed by atoms with Crippen molar-refractivity contribution in [3.63, 3.8) is 0 Å². The van der Waals surface area contributed by atoms with Crippen molar-refractivity contribution in [2.45, 2.75) is 20.1 Å². The van der Waals surface area contributed by atoms with Gasteiger partial charge in [-0.1, -0.05) is 0 Å². The smallest absolute Gasteiger partial charge is 0.275 e. The third kappa shape index (κ3) is 3.99. The minimum absolute atomic E-state index is 0.121. The molecule has 3 heterocycles. The van der Waals surface area contributed by atoms with Gasteiger partial charge in [0.1, 0.15) is 12.0 Å². The number of aryl methyl sites for hydroxylation is 1. The number of amides is 1. The first-order valence-corrected chi connectivity index (χ1v) is 9.35. The van der Waals surface area contributed by atoms with Crippen LogP contribution in [-0.4, -0.2) is 37.8 Å². The lowest BCUT2D eigenvalue weighted by atomic mass is 10.3. The Hall–Kier alpha value is -3.33. The highest BCUT2D eigenvalue weighted by Crippen LogP contribution is 2.26. The number of carbonyl (C=O) groups excluding carboxylic acids is 1. The van der Waals surface area contributed by atoms with E-state index in [-0.39, 0.29) is 18.2 Å². The largest absolute Gasteiger partial charge is 0.484 e. The van der Waals surface area contributed by atoms with E-state index in [0.717, 1.165) is 15.2 Å². The Balaban J connectivity index is 1.38. The fraction of sp³-hybridized carbons (Fsp3) is 0.211. The maximum absolute atomic E-state index is 12.5. The van der Waals surface area contributed by atoms with E-state index in [4.69, 9.17) is 9.15 Å². The van der Waals surface area contributed by atoms with E-state index in [1.54, 1.807) is 37.0 Å². The van der Waals surface area contributed by atoms with Crippen molar-refractivity contribution in [2.24, 2.45) is 0 Å². The number of thiazole rings is 1. The van der Waals surface area contributed by atoms with Crippen molar-refractivity contribution in [2.75, 3.05) is 7.05 Å². The van der Waals surface area contributed by atoms with Crippen LogP contribution in [0.15, 0.2) is 47.5 Å². The fourth-order valence-electron chi connectivity index (χ4n) is 2.65. The third-order valence-electron chi connectivity index (χ3n) is 3.96. The number of oxazole rings is 1. The molecular formula is C19H17N5O3S. The van der Waals surface area contributed by atoms with Crippen LogP contribution in [0.1, 0.15) is 27.1 Å². The zero-order chi connectivity index (χ0) is 19.5. The number of hydrogen-bond acceptors (Lipinski definition) is 8. The van der Waals surface area contributed by atoms with Gasteiger partial charge >= 0.3 is 0 Å². The molecule has 0 aliphatic carbocycles. The van der Waals surface area contributed by atoms with Gasteiger partial charge < -0.3 is 14.1 Å². The van der Waals surface area contributed by atoms with Crippen LogP contribution in [0.3, 0.4) is 0 Å². The first-order chi connectivity index (χ1) is 13.6. The summed E-state index contributed by atoms with van der Waals surface area (Å²) < 4.78 is 12.2. The Morgan fingerprint density at radius 2 is 2.18 bits per heavy atom. The normalized spacial score (nSPS) is 10.9. The van der Waals surface area contributed by atoms with Gasteiger partial charge in [-0.25, -0.2) is 9.97 Å². The van der Waals surface area contributed by atoms with Crippen LogP contribution in [0.25, 0.3) is 10.2 Å². The summed E-state index contributed by atoms with van der Waals surface area (Å²) in [6, 6.07) is 5.73. The van der Waals surface area contributed by atoms with Gasteiger partial charge in [0.15, 0.2) is 12.3 Å². The Morgan fingerprint density at radius 3 is 3.00 bits per heavy atom. The molecule has 0 radical (unpaired) electrons. The third-order valence-corrected chi connectivity index (χ3v) is 4.91. The van der Waals surface area contributed by atoms with E-state index in [1.165, 1.54) is 11.2 Å². The highest BCUT2D eigenvalue weighted by Gasteiger charge is 2.17.